The Kier molecular flexibility index (Phi) is 5.11. The Morgan fingerprint density at radius 1 is 1.35 bits per heavy atom. The molecule has 0 atom stereocenters. The van der Waals surface area contributed by atoms with Gasteiger partial charge in [0.1, 0.15) is 4.88 Å². The van der Waals surface area contributed by atoms with Crippen LogP contribution in [-0.4, -0.2) is 61.4 Å². The van der Waals surface area contributed by atoms with Gasteiger partial charge in [0.25, 0.3) is 5.91 Å². The normalized spacial score (nSPS) is 15.2. The first-order valence-electron chi connectivity index (χ1n) is 6.34. The maximum absolute atomic E-state index is 12.1. The van der Waals surface area contributed by atoms with Gasteiger partial charge in [0.2, 0.25) is 0 Å². The number of hydrogen-bond acceptors (Lipinski definition) is 5. The Balaban J connectivity index is 1.74. The summed E-state index contributed by atoms with van der Waals surface area (Å²) < 4.78 is 10.5. The topological polar surface area (TPSA) is 76.1 Å². The fourth-order valence-corrected chi connectivity index (χ4v) is 2.70. The summed E-state index contributed by atoms with van der Waals surface area (Å²) in [5, 5.41) is 8.83. The highest BCUT2D eigenvalue weighted by atomic mass is 32.1. The first-order chi connectivity index (χ1) is 9.61. The van der Waals surface area contributed by atoms with Crippen LogP contribution in [0.2, 0.25) is 0 Å². The Morgan fingerprint density at radius 3 is 2.65 bits per heavy atom. The van der Waals surface area contributed by atoms with Crippen molar-refractivity contribution in [2.45, 2.75) is 12.5 Å². The molecule has 0 unspecified atom stereocenters. The molecule has 0 radical (unpaired) electrons. The third-order valence-corrected chi connectivity index (χ3v) is 4.07. The molecule has 1 aromatic heterocycles. The molecule has 2 heterocycles. The highest BCUT2D eigenvalue weighted by Crippen LogP contribution is 2.22. The molecule has 7 heteroatoms. The van der Waals surface area contributed by atoms with Crippen LogP contribution in [0.5, 0.6) is 0 Å². The predicted octanol–water partition coefficient (Wildman–Crippen LogP) is 1.32. The standard InChI is InChI=1S/C13H17NO5S/c1-18-5-2-6-19-9-7-14(8-9)12(15)10-3-4-11(20-10)13(16)17/h3-4,9H,2,5-8H2,1H3,(H,16,17). The van der Waals surface area contributed by atoms with Gasteiger partial charge in [0.05, 0.1) is 11.0 Å². The molecular formula is C13H17NO5S. The highest BCUT2D eigenvalue weighted by molar-refractivity contribution is 7.15. The Labute approximate surface area is 120 Å². The summed E-state index contributed by atoms with van der Waals surface area (Å²) in [6.07, 6.45) is 0.920. The Bertz CT molecular complexity index is 481. The number of aromatic carboxylic acids is 1. The van der Waals surface area contributed by atoms with E-state index in [-0.39, 0.29) is 16.9 Å². The van der Waals surface area contributed by atoms with Crippen LogP contribution < -0.4 is 0 Å². The van der Waals surface area contributed by atoms with E-state index in [9.17, 15) is 9.59 Å². The molecule has 1 aliphatic heterocycles. The molecule has 1 aromatic rings. The molecule has 1 aliphatic rings. The van der Waals surface area contributed by atoms with E-state index in [1.807, 2.05) is 0 Å². The highest BCUT2D eigenvalue weighted by Gasteiger charge is 2.32. The fraction of sp³-hybridized carbons (Fsp3) is 0.538. The molecule has 0 spiro atoms. The number of carboxylic acid groups (broad SMARTS) is 1. The van der Waals surface area contributed by atoms with E-state index < -0.39 is 5.97 Å². The minimum absolute atomic E-state index is 0.0784. The molecule has 1 fully saturated rings. The maximum atomic E-state index is 12.1. The largest absolute Gasteiger partial charge is 0.477 e. The Morgan fingerprint density at radius 2 is 2.05 bits per heavy atom. The van der Waals surface area contributed by atoms with Crippen molar-refractivity contribution in [2.75, 3.05) is 33.4 Å². The van der Waals surface area contributed by atoms with Gasteiger partial charge in [-0.25, -0.2) is 4.79 Å². The molecule has 0 aliphatic carbocycles. The molecule has 110 valence electrons. The molecule has 1 saturated heterocycles. The molecule has 20 heavy (non-hydrogen) atoms. The second-order valence-corrected chi connectivity index (χ2v) is 5.60. The van der Waals surface area contributed by atoms with Crippen molar-refractivity contribution in [1.82, 2.24) is 4.90 Å². The van der Waals surface area contributed by atoms with Crippen LogP contribution in [0.4, 0.5) is 0 Å². The van der Waals surface area contributed by atoms with Gasteiger partial charge in [-0.05, 0) is 18.6 Å². The van der Waals surface area contributed by atoms with Crippen molar-refractivity contribution in [3.8, 4) is 0 Å². The minimum Gasteiger partial charge on any atom is -0.477 e. The van der Waals surface area contributed by atoms with Gasteiger partial charge < -0.3 is 19.5 Å². The van der Waals surface area contributed by atoms with E-state index in [4.69, 9.17) is 14.6 Å². The van der Waals surface area contributed by atoms with E-state index >= 15 is 0 Å². The van der Waals surface area contributed by atoms with Gasteiger partial charge in [-0.15, -0.1) is 11.3 Å². The molecule has 1 N–H and O–H groups in total. The van der Waals surface area contributed by atoms with Crippen LogP contribution >= 0.6 is 11.3 Å². The maximum Gasteiger partial charge on any atom is 0.345 e. The number of rotatable bonds is 7. The monoisotopic (exact) mass is 299 g/mol. The number of ether oxygens (including phenoxy) is 2. The van der Waals surface area contributed by atoms with Gasteiger partial charge in [-0.1, -0.05) is 0 Å². The Hall–Kier alpha value is -1.44. The number of likely N-dealkylation sites (tertiary alicyclic amines) is 1. The summed E-state index contributed by atoms with van der Waals surface area (Å²) in [7, 11) is 1.65. The first-order valence-corrected chi connectivity index (χ1v) is 7.16. The number of thiophene rings is 1. The third kappa shape index (κ3) is 3.56. The molecule has 2 rings (SSSR count). The third-order valence-electron chi connectivity index (χ3n) is 3.01. The van der Waals surface area contributed by atoms with Crippen LogP contribution in [-0.2, 0) is 9.47 Å². The summed E-state index contributed by atoms with van der Waals surface area (Å²) in [5.74, 6) is -1.13. The number of amides is 1. The smallest absolute Gasteiger partial charge is 0.345 e. The summed E-state index contributed by atoms with van der Waals surface area (Å²) >= 11 is 1.00. The summed E-state index contributed by atoms with van der Waals surface area (Å²) in [6, 6.07) is 3.02. The van der Waals surface area contributed by atoms with E-state index in [1.54, 1.807) is 18.1 Å². The van der Waals surface area contributed by atoms with Crippen LogP contribution in [0.1, 0.15) is 25.8 Å². The number of nitrogens with zero attached hydrogens (tertiary/aromatic N) is 1. The van der Waals surface area contributed by atoms with Gasteiger partial charge in [-0.3, -0.25) is 4.79 Å². The fourth-order valence-electron chi connectivity index (χ4n) is 1.89. The lowest BCUT2D eigenvalue weighted by Gasteiger charge is -2.38. The van der Waals surface area contributed by atoms with Gasteiger partial charge in [0, 0.05) is 33.4 Å². The lowest BCUT2D eigenvalue weighted by atomic mass is 10.1. The van der Waals surface area contributed by atoms with Crippen LogP contribution in [0.3, 0.4) is 0 Å². The number of carbonyl (C=O) groups is 2. The van der Waals surface area contributed by atoms with Gasteiger partial charge in [0.15, 0.2) is 0 Å². The molecule has 6 nitrogen and oxygen atoms in total. The second kappa shape index (κ2) is 6.83. The minimum atomic E-state index is -1.00. The quantitative estimate of drug-likeness (QED) is 0.769. The van der Waals surface area contributed by atoms with Crippen molar-refractivity contribution in [3.05, 3.63) is 21.9 Å². The average Bonchev–Trinajstić information content (AvgIpc) is 2.85. The van der Waals surface area contributed by atoms with Crippen molar-refractivity contribution >= 4 is 23.2 Å². The molecule has 0 bridgehead atoms. The molecule has 1 amide bonds. The zero-order valence-corrected chi connectivity index (χ0v) is 12.0. The first kappa shape index (κ1) is 15.0. The van der Waals surface area contributed by atoms with E-state index in [2.05, 4.69) is 0 Å². The lowest BCUT2D eigenvalue weighted by molar-refractivity contribution is -0.0463. The van der Waals surface area contributed by atoms with Crippen molar-refractivity contribution in [1.29, 1.82) is 0 Å². The number of carbonyl (C=O) groups excluding carboxylic acids is 1. The summed E-state index contributed by atoms with van der Waals surface area (Å²) in [5.41, 5.74) is 0. The van der Waals surface area contributed by atoms with Crippen LogP contribution in [0, 0.1) is 0 Å². The molecule has 0 saturated carbocycles. The van der Waals surface area contributed by atoms with Crippen molar-refractivity contribution < 1.29 is 24.2 Å². The average molecular weight is 299 g/mol. The molecular weight excluding hydrogens is 282 g/mol. The second-order valence-electron chi connectivity index (χ2n) is 4.52. The number of carboxylic acids is 1. The number of hydrogen-bond donors (Lipinski definition) is 1. The van der Waals surface area contributed by atoms with Crippen molar-refractivity contribution in [2.24, 2.45) is 0 Å². The van der Waals surface area contributed by atoms with E-state index in [0.29, 0.717) is 31.2 Å². The van der Waals surface area contributed by atoms with Gasteiger partial charge >= 0.3 is 5.97 Å². The zero-order valence-electron chi connectivity index (χ0n) is 11.2. The van der Waals surface area contributed by atoms with Gasteiger partial charge in [-0.2, -0.15) is 0 Å². The predicted molar refractivity (Wildman–Crippen MR) is 73.4 cm³/mol. The van der Waals surface area contributed by atoms with Crippen LogP contribution in [0.15, 0.2) is 12.1 Å². The lowest BCUT2D eigenvalue weighted by Crippen LogP contribution is -2.54. The van der Waals surface area contributed by atoms with E-state index in [1.165, 1.54) is 6.07 Å². The van der Waals surface area contributed by atoms with Crippen molar-refractivity contribution in [3.63, 3.8) is 0 Å². The summed E-state index contributed by atoms with van der Waals surface area (Å²) in [6.45, 7) is 2.42. The summed E-state index contributed by atoms with van der Waals surface area (Å²) in [4.78, 5) is 25.1. The van der Waals surface area contributed by atoms with Crippen LogP contribution in [0.25, 0.3) is 0 Å². The zero-order chi connectivity index (χ0) is 14.5. The molecule has 0 aromatic carbocycles. The van der Waals surface area contributed by atoms with E-state index in [0.717, 1.165) is 17.8 Å². The number of methoxy groups -OCH3 is 1. The SMILES string of the molecule is COCCCOC1CN(C(=O)c2ccc(C(=O)O)s2)C1.